The number of carbonyl (C=O) groups excluding carboxylic acids is 1. The number of amides is 1. The summed E-state index contributed by atoms with van der Waals surface area (Å²) in [5.74, 6) is 1.23. The first-order valence-electron chi connectivity index (χ1n) is 8.97. The molecule has 2 aromatic carbocycles. The predicted molar refractivity (Wildman–Crippen MR) is 108 cm³/mol. The van der Waals surface area contributed by atoms with Crippen molar-refractivity contribution < 1.29 is 14.3 Å². The van der Waals surface area contributed by atoms with Gasteiger partial charge in [-0.05, 0) is 30.7 Å². The number of hydrogen-bond acceptors (Lipinski definition) is 6. The number of hydrogen-bond donors (Lipinski definition) is 1. The van der Waals surface area contributed by atoms with E-state index < -0.39 is 0 Å². The highest BCUT2D eigenvalue weighted by atomic mass is 32.2. The van der Waals surface area contributed by atoms with Crippen molar-refractivity contribution in [3.05, 3.63) is 52.8 Å². The summed E-state index contributed by atoms with van der Waals surface area (Å²) in [5.41, 5.74) is 1.19. The van der Waals surface area contributed by atoms with Crippen molar-refractivity contribution >= 4 is 34.3 Å². The fraction of sp³-hybridized carbons (Fsp3) is 0.250. The number of fused-ring (bicyclic) bond motifs is 2. The maximum Gasteiger partial charge on any atom is 0.262 e. The van der Waals surface area contributed by atoms with Gasteiger partial charge in [0.05, 0.1) is 16.7 Å². The molecule has 7 nitrogen and oxygen atoms in total. The lowest BCUT2D eigenvalue weighted by atomic mass is 10.2. The summed E-state index contributed by atoms with van der Waals surface area (Å²) in [6.45, 7) is 2.75. The van der Waals surface area contributed by atoms with Crippen molar-refractivity contribution in [2.45, 2.75) is 25.0 Å². The van der Waals surface area contributed by atoms with E-state index in [1.807, 2.05) is 25.1 Å². The summed E-state index contributed by atoms with van der Waals surface area (Å²) in [4.78, 5) is 29.7. The van der Waals surface area contributed by atoms with E-state index in [1.54, 1.807) is 28.8 Å². The third-order valence-corrected chi connectivity index (χ3v) is 5.24. The number of para-hydroxylation sites is 1. The summed E-state index contributed by atoms with van der Waals surface area (Å²) in [7, 11) is 0. The molecule has 4 rings (SSSR count). The minimum absolute atomic E-state index is 0.0777. The standard InChI is InChI=1S/C20H19N3O4S/c1-2-9-23-19(25)14-5-3-4-6-15(14)22-20(23)28-11-18(24)21-13-7-8-16-17(10-13)27-12-26-16/h3-8,10H,2,9,11-12H2,1H3,(H,21,24). The van der Waals surface area contributed by atoms with E-state index in [0.717, 1.165) is 6.42 Å². The number of aromatic nitrogens is 2. The first kappa shape index (κ1) is 18.4. The van der Waals surface area contributed by atoms with E-state index in [9.17, 15) is 9.59 Å². The van der Waals surface area contributed by atoms with Gasteiger partial charge in [-0.25, -0.2) is 4.98 Å². The smallest absolute Gasteiger partial charge is 0.262 e. The lowest BCUT2D eigenvalue weighted by Crippen LogP contribution is -2.24. The van der Waals surface area contributed by atoms with Crippen LogP contribution in [0.5, 0.6) is 11.5 Å². The normalized spacial score (nSPS) is 12.3. The summed E-state index contributed by atoms with van der Waals surface area (Å²) in [6.07, 6.45) is 0.802. The van der Waals surface area contributed by atoms with E-state index in [1.165, 1.54) is 11.8 Å². The van der Waals surface area contributed by atoms with Crippen LogP contribution in [-0.2, 0) is 11.3 Å². The first-order valence-corrected chi connectivity index (χ1v) is 9.96. The van der Waals surface area contributed by atoms with Gasteiger partial charge < -0.3 is 14.8 Å². The van der Waals surface area contributed by atoms with Crippen molar-refractivity contribution in [3.8, 4) is 11.5 Å². The fourth-order valence-corrected chi connectivity index (χ4v) is 3.81. The van der Waals surface area contributed by atoms with E-state index in [2.05, 4.69) is 10.3 Å². The molecule has 1 amide bonds. The molecular formula is C20H19N3O4S. The Labute approximate surface area is 165 Å². The maximum absolute atomic E-state index is 12.8. The molecule has 28 heavy (non-hydrogen) atoms. The van der Waals surface area contributed by atoms with Crippen LogP contribution in [0.4, 0.5) is 5.69 Å². The van der Waals surface area contributed by atoms with E-state index in [0.29, 0.717) is 39.8 Å². The number of nitrogens with one attached hydrogen (secondary N) is 1. The fourth-order valence-electron chi connectivity index (χ4n) is 2.98. The monoisotopic (exact) mass is 397 g/mol. The van der Waals surface area contributed by atoms with E-state index >= 15 is 0 Å². The van der Waals surface area contributed by atoms with Crippen LogP contribution >= 0.6 is 11.8 Å². The highest BCUT2D eigenvalue weighted by molar-refractivity contribution is 7.99. The van der Waals surface area contributed by atoms with Crippen LogP contribution in [-0.4, -0.2) is 28.0 Å². The van der Waals surface area contributed by atoms with Crippen molar-refractivity contribution in [2.24, 2.45) is 0 Å². The molecule has 0 atom stereocenters. The molecule has 0 spiro atoms. The Bertz CT molecular complexity index is 1100. The molecule has 0 saturated carbocycles. The minimum atomic E-state index is -0.186. The quantitative estimate of drug-likeness (QED) is 0.508. The number of rotatable bonds is 6. The lowest BCUT2D eigenvalue weighted by molar-refractivity contribution is -0.113. The third-order valence-electron chi connectivity index (χ3n) is 4.26. The van der Waals surface area contributed by atoms with Gasteiger partial charge in [0.15, 0.2) is 16.7 Å². The zero-order chi connectivity index (χ0) is 19.5. The summed E-state index contributed by atoms with van der Waals surface area (Å²) < 4.78 is 12.2. The molecule has 0 radical (unpaired) electrons. The molecule has 0 unspecified atom stereocenters. The average Bonchev–Trinajstić information content (AvgIpc) is 3.17. The second-order valence-corrected chi connectivity index (χ2v) is 7.22. The molecule has 0 aliphatic carbocycles. The lowest BCUT2D eigenvalue weighted by Gasteiger charge is -2.12. The van der Waals surface area contributed by atoms with Crippen LogP contribution in [0.2, 0.25) is 0 Å². The molecule has 1 aliphatic rings. The van der Waals surface area contributed by atoms with Gasteiger partial charge in [-0.3, -0.25) is 14.2 Å². The van der Waals surface area contributed by atoms with Gasteiger partial charge in [0, 0.05) is 18.3 Å². The predicted octanol–water partition coefficient (Wildman–Crippen LogP) is 3.27. The number of thioether (sulfide) groups is 1. The number of ether oxygens (including phenoxy) is 2. The number of carbonyl (C=O) groups is 1. The van der Waals surface area contributed by atoms with Crippen molar-refractivity contribution in [3.63, 3.8) is 0 Å². The second-order valence-electron chi connectivity index (χ2n) is 6.27. The number of anilines is 1. The molecule has 0 bridgehead atoms. The molecule has 2 heterocycles. The Morgan fingerprint density at radius 1 is 1.21 bits per heavy atom. The molecular weight excluding hydrogens is 378 g/mol. The molecule has 3 aromatic rings. The highest BCUT2D eigenvalue weighted by Gasteiger charge is 2.15. The SMILES string of the molecule is CCCn1c(SCC(=O)Nc2ccc3c(c2)OCO3)nc2ccccc2c1=O. The molecule has 1 aromatic heterocycles. The zero-order valence-electron chi connectivity index (χ0n) is 15.3. The summed E-state index contributed by atoms with van der Waals surface area (Å²) in [6, 6.07) is 12.5. The Morgan fingerprint density at radius 2 is 2.04 bits per heavy atom. The van der Waals surface area contributed by atoms with E-state index in [-0.39, 0.29) is 24.0 Å². The van der Waals surface area contributed by atoms with Gasteiger partial charge in [-0.1, -0.05) is 30.8 Å². The molecule has 8 heteroatoms. The molecule has 0 fully saturated rings. The van der Waals surface area contributed by atoms with Crippen molar-refractivity contribution in [1.82, 2.24) is 9.55 Å². The van der Waals surface area contributed by atoms with Crippen LogP contribution in [0, 0.1) is 0 Å². The van der Waals surface area contributed by atoms with Crippen LogP contribution in [0.15, 0.2) is 52.4 Å². The summed E-state index contributed by atoms with van der Waals surface area (Å²) in [5, 5.41) is 3.97. The van der Waals surface area contributed by atoms with Crippen LogP contribution in [0.1, 0.15) is 13.3 Å². The Balaban J connectivity index is 1.51. The van der Waals surface area contributed by atoms with Crippen molar-refractivity contribution in [2.75, 3.05) is 17.9 Å². The third kappa shape index (κ3) is 3.68. The molecule has 1 N–H and O–H groups in total. The zero-order valence-corrected chi connectivity index (χ0v) is 16.1. The van der Waals surface area contributed by atoms with Gasteiger partial charge >= 0.3 is 0 Å². The largest absolute Gasteiger partial charge is 0.454 e. The Hall–Kier alpha value is -3.00. The maximum atomic E-state index is 12.8. The molecule has 1 aliphatic heterocycles. The highest BCUT2D eigenvalue weighted by Crippen LogP contribution is 2.34. The van der Waals surface area contributed by atoms with Crippen LogP contribution in [0.25, 0.3) is 10.9 Å². The summed E-state index contributed by atoms with van der Waals surface area (Å²) >= 11 is 1.25. The van der Waals surface area contributed by atoms with Gasteiger partial charge in [-0.2, -0.15) is 0 Å². The van der Waals surface area contributed by atoms with Crippen LogP contribution in [0.3, 0.4) is 0 Å². The Morgan fingerprint density at radius 3 is 2.89 bits per heavy atom. The van der Waals surface area contributed by atoms with E-state index in [4.69, 9.17) is 9.47 Å². The topological polar surface area (TPSA) is 82.5 Å². The minimum Gasteiger partial charge on any atom is -0.454 e. The van der Waals surface area contributed by atoms with Crippen LogP contribution < -0.4 is 20.3 Å². The second kappa shape index (κ2) is 7.93. The van der Waals surface area contributed by atoms with Gasteiger partial charge in [-0.15, -0.1) is 0 Å². The molecule has 0 saturated heterocycles. The van der Waals surface area contributed by atoms with Gasteiger partial charge in [0.2, 0.25) is 12.7 Å². The number of nitrogens with zero attached hydrogens (tertiary/aromatic N) is 2. The molecule has 144 valence electrons. The average molecular weight is 397 g/mol. The number of benzene rings is 2. The Kier molecular flexibility index (Phi) is 5.21. The van der Waals surface area contributed by atoms with Gasteiger partial charge in [0.25, 0.3) is 5.56 Å². The van der Waals surface area contributed by atoms with Gasteiger partial charge in [0.1, 0.15) is 0 Å². The first-order chi connectivity index (χ1) is 13.7. The van der Waals surface area contributed by atoms with Crippen molar-refractivity contribution in [1.29, 1.82) is 0 Å².